The number of aromatic nitrogens is 2. The number of rotatable bonds is 5. The standard InChI is InChI=1S/C27H21N3O3/c31-27-22(14-19-11-12-24-25(15-19)33-17-32-24)29-26-21(13-18-7-3-1-4-8-18)28-23(16-30(26)27)20-9-5-2-6-10-20/h1-12,15-16,22H,13-14,17H2/p+1. The molecule has 0 bridgehead atoms. The Kier molecular flexibility index (Phi) is 4.76. The Hall–Kier alpha value is -4.19. The maximum Gasteiger partial charge on any atom is 0.359 e. The van der Waals surface area contributed by atoms with Crippen LogP contribution in [-0.4, -0.2) is 23.7 Å². The summed E-state index contributed by atoms with van der Waals surface area (Å²) in [4.78, 5) is 18.4. The van der Waals surface area contributed by atoms with Crippen molar-refractivity contribution in [2.24, 2.45) is 0 Å². The molecular weight excluding hydrogens is 414 g/mol. The SMILES string of the molecule is O=C1C(Cc2ccc3c(c2)OCO3)Nc2c(Cc3ccccc3)nc(-c3ccccc3)c[n+]21. The first kappa shape index (κ1) is 19.5. The third-order valence-corrected chi connectivity index (χ3v) is 6.03. The van der Waals surface area contributed by atoms with Crippen molar-refractivity contribution in [3.63, 3.8) is 0 Å². The molecule has 1 aromatic heterocycles. The molecule has 162 valence electrons. The maximum absolute atomic E-state index is 13.4. The lowest BCUT2D eigenvalue weighted by Gasteiger charge is -2.07. The maximum atomic E-state index is 13.4. The quantitative estimate of drug-likeness (QED) is 0.479. The molecule has 3 aromatic carbocycles. The van der Waals surface area contributed by atoms with Gasteiger partial charge >= 0.3 is 11.7 Å². The summed E-state index contributed by atoms with van der Waals surface area (Å²) in [5.74, 6) is 2.23. The summed E-state index contributed by atoms with van der Waals surface area (Å²) < 4.78 is 12.6. The van der Waals surface area contributed by atoms with Crippen LogP contribution in [0.4, 0.5) is 5.82 Å². The highest BCUT2D eigenvalue weighted by Gasteiger charge is 2.41. The van der Waals surface area contributed by atoms with Gasteiger partial charge in [0.25, 0.3) is 0 Å². The number of nitrogens with zero attached hydrogens (tertiary/aromatic N) is 2. The number of fused-ring (bicyclic) bond motifs is 2. The summed E-state index contributed by atoms with van der Waals surface area (Å²) in [6.45, 7) is 0.234. The number of anilines is 1. The Morgan fingerprint density at radius 3 is 2.48 bits per heavy atom. The summed E-state index contributed by atoms with van der Waals surface area (Å²) in [5.41, 5.74) is 4.77. The van der Waals surface area contributed by atoms with Gasteiger partial charge in [-0.2, -0.15) is 4.57 Å². The van der Waals surface area contributed by atoms with E-state index in [1.807, 2.05) is 72.9 Å². The smallest absolute Gasteiger partial charge is 0.359 e. The number of ether oxygens (including phenoxy) is 2. The van der Waals surface area contributed by atoms with Gasteiger partial charge in [-0.25, -0.2) is 9.78 Å². The van der Waals surface area contributed by atoms with Gasteiger partial charge in [0.2, 0.25) is 6.79 Å². The first-order chi connectivity index (χ1) is 16.2. The number of carbonyl (C=O) groups is 1. The van der Waals surface area contributed by atoms with E-state index in [-0.39, 0.29) is 18.7 Å². The molecule has 6 rings (SSSR count). The average Bonchev–Trinajstić information content (AvgIpc) is 3.45. The predicted molar refractivity (Wildman–Crippen MR) is 123 cm³/mol. The van der Waals surface area contributed by atoms with E-state index in [9.17, 15) is 4.79 Å². The Morgan fingerprint density at radius 1 is 0.909 bits per heavy atom. The highest BCUT2D eigenvalue weighted by atomic mass is 16.7. The van der Waals surface area contributed by atoms with Crippen molar-refractivity contribution in [1.82, 2.24) is 4.98 Å². The zero-order valence-electron chi connectivity index (χ0n) is 17.9. The fraction of sp³-hybridized carbons (Fsp3) is 0.148. The van der Waals surface area contributed by atoms with Gasteiger partial charge in [0, 0.05) is 18.4 Å². The molecule has 2 aliphatic rings. The third-order valence-electron chi connectivity index (χ3n) is 6.03. The van der Waals surface area contributed by atoms with E-state index in [0.717, 1.165) is 45.4 Å². The van der Waals surface area contributed by atoms with Gasteiger partial charge in [-0.1, -0.05) is 66.7 Å². The largest absolute Gasteiger partial charge is 0.454 e. The molecule has 3 heterocycles. The lowest BCUT2D eigenvalue weighted by atomic mass is 10.1. The second-order valence-electron chi connectivity index (χ2n) is 8.25. The average molecular weight is 436 g/mol. The Labute approximate surface area is 191 Å². The first-order valence-electron chi connectivity index (χ1n) is 11.0. The van der Waals surface area contributed by atoms with Crippen molar-refractivity contribution in [2.75, 3.05) is 12.1 Å². The highest BCUT2D eigenvalue weighted by molar-refractivity contribution is 5.83. The van der Waals surface area contributed by atoms with Crippen LogP contribution in [-0.2, 0) is 12.8 Å². The first-order valence-corrected chi connectivity index (χ1v) is 11.0. The fourth-order valence-corrected chi connectivity index (χ4v) is 4.38. The van der Waals surface area contributed by atoms with Gasteiger partial charge < -0.3 is 9.47 Å². The van der Waals surface area contributed by atoms with E-state index < -0.39 is 0 Å². The number of nitrogens with one attached hydrogen (secondary N) is 1. The number of hydrogen-bond donors (Lipinski definition) is 1. The molecule has 1 unspecified atom stereocenters. The van der Waals surface area contributed by atoms with Crippen LogP contribution >= 0.6 is 0 Å². The molecule has 0 amide bonds. The Bertz CT molecular complexity index is 1340. The molecule has 0 fully saturated rings. The summed E-state index contributed by atoms with van der Waals surface area (Å²) in [6, 6.07) is 25.6. The fourth-order valence-electron chi connectivity index (χ4n) is 4.38. The molecule has 33 heavy (non-hydrogen) atoms. The van der Waals surface area contributed by atoms with Crippen LogP contribution in [0.3, 0.4) is 0 Å². The molecule has 1 N–H and O–H groups in total. The second-order valence-corrected chi connectivity index (χ2v) is 8.25. The van der Waals surface area contributed by atoms with E-state index in [2.05, 4.69) is 17.4 Å². The van der Waals surface area contributed by atoms with Crippen molar-refractivity contribution >= 4 is 11.7 Å². The van der Waals surface area contributed by atoms with Gasteiger partial charge in [-0.15, -0.1) is 0 Å². The normalized spacial score (nSPS) is 15.9. The molecule has 6 heteroatoms. The van der Waals surface area contributed by atoms with E-state index in [1.165, 1.54) is 0 Å². The summed E-state index contributed by atoms with van der Waals surface area (Å²) in [5, 5.41) is 3.45. The lowest BCUT2D eigenvalue weighted by Crippen LogP contribution is -2.44. The van der Waals surface area contributed by atoms with Crippen molar-refractivity contribution < 1.29 is 18.8 Å². The molecule has 0 spiro atoms. The van der Waals surface area contributed by atoms with E-state index >= 15 is 0 Å². The molecule has 4 aromatic rings. The third kappa shape index (κ3) is 3.69. The van der Waals surface area contributed by atoms with Crippen LogP contribution in [0.25, 0.3) is 11.3 Å². The number of benzene rings is 3. The van der Waals surface area contributed by atoms with Crippen molar-refractivity contribution in [3.8, 4) is 22.8 Å². The minimum atomic E-state index is -0.382. The van der Waals surface area contributed by atoms with Crippen molar-refractivity contribution in [2.45, 2.75) is 18.9 Å². The molecule has 0 saturated carbocycles. The minimum absolute atomic E-state index is 0.0107. The van der Waals surface area contributed by atoms with E-state index in [4.69, 9.17) is 14.5 Å². The molecule has 2 aliphatic heterocycles. The van der Waals surface area contributed by atoms with Crippen LogP contribution in [0.1, 0.15) is 21.6 Å². The molecule has 0 saturated heterocycles. The monoisotopic (exact) mass is 436 g/mol. The highest BCUT2D eigenvalue weighted by Crippen LogP contribution is 2.33. The second kappa shape index (κ2) is 8.06. The molecular formula is C27H22N3O3+. The van der Waals surface area contributed by atoms with Crippen LogP contribution in [0.2, 0.25) is 0 Å². The van der Waals surface area contributed by atoms with Crippen LogP contribution in [0, 0.1) is 0 Å². The number of hydrogen-bond acceptors (Lipinski definition) is 5. The summed E-state index contributed by atoms with van der Waals surface area (Å²) >= 11 is 0. The zero-order chi connectivity index (χ0) is 22.2. The van der Waals surface area contributed by atoms with Crippen LogP contribution < -0.4 is 19.4 Å². The zero-order valence-corrected chi connectivity index (χ0v) is 17.9. The van der Waals surface area contributed by atoms with Gasteiger partial charge in [0.15, 0.2) is 17.5 Å². The van der Waals surface area contributed by atoms with Crippen molar-refractivity contribution in [3.05, 3.63) is 102 Å². The molecule has 1 atom stereocenters. The molecule has 0 aliphatic carbocycles. The van der Waals surface area contributed by atoms with Crippen LogP contribution in [0.5, 0.6) is 11.5 Å². The lowest BCUT2D eigenvalue weighted by molar-refractivity contribution is -0.552. The van der Waals surface area contributed by atoms with Gasteiger partial charge in [0.1, 0.15) is 17.6 Å². The van der Waals surface area contributed by atoms with E-state index in [1.54, 1.807) is 4.57 Å². The summed E-state index contributed by atoms with van der Waals surface area (Å²) in [7, 11) is 0. The molecule has 6 nitrogen and oxygen atoms in total. The van der Waals surface area contributed by atoms with Gasteiger partial charge in [-0.05, 0) is 23.3 Å². The number of carbonyl (C=O) groups excluding carboxylic acids is 1. The van der Waals surface area contributed by atoms with Gasteiger partial charge in [-0.3, -0.25) is 5.32 Å². The van der Waals surface area contributed by atoms with E-state index in [0.29, 0.717) is 12.8 Å². The molecule has 0 radical (unpaired) electrons. The van der Waals surface area contributed by atoms with Crippen LogP contribution in [0.15, 0.2) is 85.1 Å². The minimum Gasteiger partial charge on any atom is -0.454 e. The summed E-state index contributed by atoms with van der Waals surface area (Å²) in [6.07, 6.45) is 3.02. The van der Waals surface area contributed by atoms with Crippen molar-refractivity contribution in [1.29, 1.82) is 0 Å². The Morgan fingerprint density at radius 2 is 1.67 bits per heavy atom. The van der Waals surface area contributed by atoms with Gasteiger partial charge in [0.05, 0.1) is 0 Å². The predicted octanol–water partition coefficient (Wildman–Crippen LogP) is 4.03. The Balaban J connectivity index is 1.36. The topological polar surface area (TPSA) is 64.3 Å².